The van der Waals surface area contributed by atoms with E-state index in [4.69, 9.17) is 0 Å². The number of rotatable bonds is 5. The number of carbonyl (C=O) groups excluding carboxylic acids is 1. The highest BCUT2D eigenvalue weighted by Gasteiger charge is 2.10. The van der Waals surface area contributed by atoms with Gasteiger partial charge in [-0.3, -0.25) is 9.20 Å². The summed E-state index contributed by atoms with van der Waals surface area (Å²) < 4.78 is 8.25. The van der Waals surface area contributed by atoms with Crippen LogP contribution in [0.1, 0.15) is 12.1 Å². The Kier molecular flexibility index (Phi) is 4.02. The van der Waals surface area contributed by atoms with Crippen molar-refractivity contribution in [1.29, 1.82) is 0 Å². The smallest absolute Gasteiger partial charge is 0.350 e. The van der Waals surface area contributed by atoms with Gasteiger partial charge in [-0.2, -0.15) is 4.37 Å². The van der Waals surface area contributed by atoms with Gasteiger partial charge in [0.05, 0.1) is 23.5 Å². The number of carbonyl (C=O) groups is 1. The molecule has 0 aliphatic carbocycles. The van der Waals surface area contributed by atoms with E-state index >= 15 is 0 Å². The van der Waals surface area contributed by atoms with Crippen molar-refractivity contribution in [3.05, 3.63) is 64.8 Å². The lowest BCUT2D eigenvalue weighted by atomic mass is 10.2. The molecule has 8 heteroatoms. The summed E-state index contributed by atoms with van der Waals surface area (Å²) in [4.78, 5) is 24.2. The number of aryl methyl sites for hydroxylation is 1. The summed E-state index contributed by atoms with van der Waals surface area (Å²) in [6.45, 7) is 0.618. The van der Waals surface area contributed by atoms with Gasteiger partial charge in [-0.05, 0) is 29.7 Å². The Balaban J connectivity index is 1.39. The van der Waals surface area contributed by atoms with Crippen LogP contribution in [0.5, 0.6) is 0 Å². The predicted octanol–water partition coefficient (Wildman–Crippen LogP) is 1.81. The second kappa shape index (κ2) is 6.48. The first kappa shape index (κ1) is 15.5. The largest absolute Gasteiger partial charge is 0.350 e. The number of aromatic nitrogens is 4. The van der Waals surface area contributed by atoms with Crippen molar-refractivity contribution < 1.29 is 4.79 Å². The average molecular weight is 353 g/mol. The molecular weight excluding hydrogens is 338 g/mol. The van der Waals surface area contributed by atoms with E-state index in [1.54, 1.807) is 18.3 Å². The van der Waals surface area contributed by atoms with Crippen molar-refractivity contribution in [2.75, 3.05) is 0 Å². The number of pyridine rings is 1. The number of fused-ring (bicyclic) bond motifs is 2. The van der Waals surface area contributed by atoms with Crippen molar-refractivity contribution in [2.45, 2.75) is 19.5 Å². The van der Waals surface area contributed by atoms with Gasteiger partial charge in [0.25, 0.3) is 0 Å². The van der Waals surface area contributed by atoms with Gasteiger partial charge in [-0.15, -0.1) is 5.10 Å². The lowest BCUT2D eigenvalue weighted by Gasteiger charge is -2.03. The normalized spacial score (nSPS) is 11.2. The van der Waals surface area contributed by atoms with Gasteiger partial charge in [-0.1, -0.05) is 24.3 Å². The van der Waals surface area contributed by atoms with Crippen LogP contribution in [0.15, 0.2) is 53.5 Å². The topological polar surface area (TPSA) is 81.3 Å². The molecule has 1 aromatic carbocycles. The van der Waals surface area contributed by atoms with Crippen LogP contribution in [0.3, 0.4) is 0 Å². The maximum atomic E-state index is 12.2. The van der Waals surface area contributed by atoms with Crippen LogP contribution in [0.25, 0.3) is 15.7 Å². The molecule has 1 amide bonds. The molecule has 0 saturated heterocycles. The average Bonchev–Trinajstić information content (AvgIpc) is 3.20. The lowest BCUT2D eigenvalue weighted by Crippen LogP contribution is -2.27. The first-order valence-electron chi connectivity index (χ1n) is 7.86. The number of benzene rings is 1. The molecule has 0 radical (unpaired) electrons. The minimum absolute atomic E-state index is 0.138. The zero-order valence-electron chi connectivity index (χ0n) is 13.3. The van der Waals surface area contributed by atoms with Crippen LogP contribution in [0, 0.1) is 0 Å². The monoisotopic (exact) mass is 353 g/mol. The minimum Gasteiger partial charge on any atom is -0.350 e. The maximum Gasteiger partial charge on any atom is 0.350 e. The molecule has 0 saturated carbocycles. The Morgan fingerprint density at radius 2 is 2.00 bits per heavy atom. The molecule has 7 nitrogen and oxygen atoms in total. The van der Waals surface area contributed by atoms with E-state index < -0.39 is 0 Å². The fraction of sp³-hybridized carbons (Fsp3) is 0.176. The molecular formula is C17H15N5O2S. The molecule has 0 atom stereocenters. The third-order valence-electron chi connectivity index (χ3n) is 3.94. The third kappa shape index (κ3) is 3.03. The summed E-state index contributed by atoms with van der Waals surface area (Å²) >= 11 is 1.42. The minimum atomic E-state index is -0.242. The molecule has 0 unspecified atom stereocenters. The maximum absolute atomic E-state index is 12.2. The summed E-state index contributed by atoms with van der Waals surface area (Å²) in [5.74, 6) is -0.138. The molecule has 1 N–H and O–H groups in total. The Hall–Kier alpha value is -3.00. The molecule has 3 heterocycles. The van der Waals surface area contributed by atoms with Crippen LogP contribution < -0.4 is 11.0 Å². The van der Waals surface area contributed by atoms with Crippen LogP contribution in [0.2, 0.25) is 0 Å². The molecule has 3 aromatic heterocycles. The van der Waals surface area contributed by atoms with Gasteiger partial charge >= 0.3 is 5.69 Å². The van der Waals surface area contributed by atoms with E-state index in [-0.39, 0.29) is 24.6 Å². The van der Waals surface area contributed by atoms with Gasteiger partial charge in [0, 0.05) is 18.0 Å². The summed E-state index contributed by atoms with van der Waals surface area (Å²) in [5, 5.41) is 8.13. The number of nitrogens with zero attached hydrogens (tertiary/aromatic N) is 4. The molecule has 25 heavy (non-hydrogen) atoms. The van der Waals surface area contributed by atoms with Crippen LogP contribution in [-0.2, 0) is 17.9 Å². The second-order valence-electron chi connectivity index (χ2n) is 5.59. The molecule has 0 fully saturated rings. The Labute approximate surface area is 146 Å². The van der Waals surface area contributed by atoms with Gasteiger partial charge in [0.1, 0.15) is 0 Å². The quantitative estimate of drug-likeness (QED) is 0.593. The summed E-state index contributed by atoms with van der Waals surface area (Å²) in [5.41, 5.74) is 1.19. The van der Waals surface area contributed by atoms with Crippen LogP contribution in [0.4, 0.5) is 0 Å². The number of hydrogen-bond donors (Lipinski definition) is 1. The summed E-state index contributed by atoms with van der Waals surface area (Å²) in [7, 11) is 0. The van der Waals surface area contributed by atoms with E-state index in [1.165, 1.54) is 20.6 Å². The van der Waals surface area contributed by atoms with Gasteiger partial charge in [0.15, 0.2) is 5.65 Å². The summed E-state index contributed by atoms with van der Waals surface area (Å²) in [6, 6.07) is 13.3. The predicted molar refractivity (Wildman–Crippen MR) is 95.5 cm³/mol. The number of amides is 1. The van der Waals surface area contributed by atoms with Gasteiger partial charge in [0.2, 0.25) is 5.91 Å². The van der Waals surface area contributed by atoms with E-state index in [9.17, 15) is 9.59 Å². The number of nitrogens with one attached hydrogen (secondary N) is 1. The van der Waals surface area contributed by atoms with Crippen molar-refractivity contribution in [2.24, 2.45) is 0 Å². The summed E-state index contributed by atoms with van der Waals surface area (Å²) in [6.07, 6.45) is 1.85. The van der Waals surface area contributed by atoms with E-state index in [0.29, 0.717) is 12.2 Å². The van der Waals surface area contributed by atoms with Crippen LogP contribution >= 0.6 is 11.5 Å². The Bertz CT molecular complexity index is 1110. The highest BCUT2D eigenvalue weighted by molar-refractivity contribution is 7.13. The molecule has 4 rings (SSSR count). The standard InChI is InChI=1S/C17H15N5O2S/c23-16(18-11-13-12-5-1-2-6-14(12)25-20-13)8-10-22-17(24)21-9-4-3-7-15(21)19-22/h1-7,9H,8,10-11H2,(H,18,23). The van der Waals surface area contributed by atoms with Crippen molar-refractivity contribution in [3.63, 3.8) is 0 Å². The molecule has 0 aliphatic heterocycles. The van der Waals surface area contributed by atoms with Gasteiger partial charge < -0.3 is 5.32 Å². The second-order valence-corrected chi connectivity index (χ2v) is 6.39. The third-order valence-corrected chi connectivity index (χ3v) is 4.81. The zero-order chi connectivity index (χ0) is 17.2. The Morgan fingerprint density at radius 1 is 1.16 bits per heavy atom. The lowest BCUT2D eigenvalue weighted by molar-refractivity contribution is -0.121. The van der Waals surface area contributed by atoms with E-state index in [0.717, 1.165) is 15.8 Å². The molecule has 0 bridgehead atoms. The fourth-order valence-electron chi connectivity index (χ4n) is 2.66. The van der Waals surface area contributed by atoms with Crippen molar-refractivity contribution >= 4 is 33.2 Å². The van der Waals surface area contributed by atoms with E-state index in [1.807, 2.05) is 30.3 Å². The molecule has 0 aliphatic rings. The van der Waals surface area contributed by atoms with Gasteiger partial charge in [-0.25, -0.2) is 9.48 Å². The SMILES string of the molecule is O=C(CCn1nc2ccccn2c1=O)NCc1nsc2ccccc12. The first-order valence-corrected chi connectivity index (χ1v) is 8.64. The van der Waals surface area contributed by atoms with Crippen molar-refractivity contribution in [1.82, 2.24) is 23.9 Å². The van der Waals surface area contributed by atoms with Crippen molar-refractivity contribution in [3.8, 4) is 0 Å². The molecule has 126 valence electrons. The van der Waals surface area contributed by atoms with E-state index in [2.05, 4.69) is 14.8 Å². The molecule has 0 spiro atoms. The highest BCUT2D eigenvalue weighted by Crippen LogP contribution is 2.21. The van der Waals surface area contributed by atoms with Crippen LogP contribution in [-0.4, -0.2) is 24.5 Å². The molecule has 4 aromatic rings. The Morgan fingerprint density at radius 3 is 2.88 bits per heavy atom. The fourth-order valence-corrected chi connectivity index (χ4v) is 3.45. The zero-order valence-corrected chi connectivity index (χ0v) is 14.1. The first-order chi connectivity index (χ1) is 12.2. The highest BCUT2D eigenvalue weighted by atomic mass is 32.1. The number of hydrogen-bond acceptors (Lipinski definition) is 5.